The third-order valence-electron chi connectivity index (χ3n) is 4.12. The molecule has 6 heteroatoms. The summed E-state index contributed by atoms with van der Waals surface area (Å²) in [5, 5.41) is 3.93. The van der Waals surface area contributed by atoms with Gasteiger partial charge in [-0.2, -0.15) is 0 Å². The zero-order chi connectivity index (χ0) is 15.1. The molecule has 2 aliphatic heterocycles. The molecule has 2 rings (SSSR count). The topological polar surface area (TPSA) is 58.6 Å². The molecule has 0 aromatic rings. The summed E-state index contributed by atoms with van der Waals surface area (Å²) in [6, 6.07) is 0. The van der Waals surface area contributed by atoms with Gasteiger partial charge >= 0.3 is 5.97 Å². The van der Waals surface area contributed by atoms with Gasteiger partial charge < -0.3 is 15.0 Å². The van der Waals surface area contributed by atoms with E-state index in [-0.39, 0.29) is 17.8 Å². The monoisotopic (exact) mass is 314 g/mol. The first-order valence-corrected chi connectivity index (χ1v) is 9.02. The highest BCUT2D eigenvalue weighted by Gasteiger charge is 2.29. The highest BCUT2D eigenvalue weighted by molar-refractivity contribution is 8.00. The molecule has 0 aromatic carbocycles. The quantitative estimate of drug-likeness (QED) is 0.775. The van der Waals surface area contributed by atoms with E-state index < -0.39 is 0 Å². The van der Waals surface area contributed by atoms with E-state index in [0.29, 0.717) is 24.2 Å². The summed E-state index contributed by atoms with van der Waals surface area (Å²) in [4.78, 5) is 25.9. The largest absolute Gasteiger partial charge is 0.466 e. The first-order valence-electron chi connectivity index (χ1n) is 7.97. The first kappa shape index (κ1) is 16.6. The summed E-state index contributed by atoms with van der Waals surface area (Å²) in [7, 11) is 0. The second-order valence-corrected chi connectivity index (χ2v) is 6.98. The van der Waals surface area contributed by atoms with Gasteiger partial charge in [0.05, 0.1) is 18.3 Å². The van der Waals surface area contributed by atoms with E-state index in [1.807, 2.05) is 11.8 Å². The molecule has 2 fully saturated rings. The van der Waals surface area contributed by atoms with Crippen LogP contribution in [0.4, 0.5) is 0 Å². The molecule has 0 aromatic heterocycles. The summed E-state index contributed by atoms with van der Waals surface area (Å²) < 4.78 is 5.08. The molecule has 2 saturated heterocycles. The summed E-state index contributed by atoms with van der Waals surface area (Å²) in [5.41, 5.74) is 0. The number of carbonyl (C=O) groups excluding carboxylic acids is 2. The molecule has 1 amide bonds. The molecule has 120 valence electrons. The molecule has 0 saturated carbocycles. The Morgan fingerprint density at radius 3 is 2.76 bits per heavy atom. The third kappa shape index (κ3) is 5.18. The number of esters is 1. The van der Waals surface area contributed by atoms with Gasteiger partial charge in [0.15, 0.2) is 0 Å². The fraction of sp³-hybridized carbons (Fsp3) is 0.867. The van der Waals surface area contributed by atoms with Crippen LogP contribution in [-0.4, -0.2) is 60.6 Å². The average molecular weight is 314 g/mol. The second kappa shape index (κ2) is 8.63. The van der Waals surface area contributed by atoms with E-state index in [0.717, 1.165) is 45.3 Å². The maximum absolute atomic E-state index is 12.3. The lowest BCUT2D eigenvalue weighted by molar-refractivity contribution is -0.151. The third-order valence-corrected chi connectivity index (χ3v) is 5.48. The van der Waals surface area contributed by atoms with Gasteiger partial charge in [-0.05, 0) is 45.7 Å². The molecule has 0 aliphatic carbocycles. The number of carbonyl (C=O) groups is 2. The minimum atomic E-state index is -0.152. The molecule has 5 nitrogen and oxygen atoms in total. The lowest BCUT2D eigenvalue weighted by atomic mass is 9.98. The van der Waals surface area contributed by atoms with Crippen LogP contribution in [0, 0.1) is 5.92 Å². The van der Waals surface area contributed by atoms with Crippen molar-refractivity contribution in [2.75, 3.05) is 38.5 Å². The van der Waals surface area contributed by atoms with Crippen molar-refractivity contribution in [3.8, 4) is 0 Å². The number of thioether (sulfide) groups is 1. The van der Waals surface area contributed by atoms with Crippen LogP contribution >= 0.6 is 11.8 Å². The number of amides is 1. The van der Waals surface area contributed by atoms with Crippen LogP contribution in [0.3, 0.4) is 0 Å². The predicted octanol–water partition coefficient (Wildman–Crippen LogP) is 1.27. The Morgan fingerprint density at radius 2 is 2.05 bits per heavy atom. The number of rotatable bonds is 5. The van der Waals surface area contributed by atoms with Gasteiger partial charge in [-0.15, -0.1) is 11.8 Å². The van der Waals surface area contributed by atoms with Crippen LogP contribution in [0.2, 0.25) is 0 Å². The van der Waals surface area contributed by atoms with Gasteiger partial charge in [0.2, 0.25) is 5.91 Å². The minimum absolute atomic E-state index is 0.133. The van der Waals surface area contributed by atoms with Crippen molar-refractivity contribution in [2.45, 2.75) is 37.9 Å². The summed E-state index contributed by atoms with van der Waals surface area (Å²) >= 11 is 1.77. The summed E-state index contributed by atoms with van der Waals surface area (Å²) in [5.74, 6) is 0.431. The van der Waals surface area contributed by atoms with Crippen molar-refractivity contribution in [1.29, 1.82) is 0 Å². The van der Waals surface area contributed by atoms with Gasteiger partial charge in [-0.1, -0.05) is 0 Å². The van der Waals surface area contributed by atoms with E-state index in [1.165, 1.54) is 0 Å². The number of likely N-dealkylation sites (tertiary alicyclic amines) is 1. The molecule has 0 bridgehead atoms. The fourth-order valence-corrected chi connectivity index (χ4v) is 4.03. The molecule has 1 unspecified atom stereocenters. The van der Waals surface area contributed by atoms with Crippen molar-refractivity contribution < 1.29 is 14.3 Å². The van der Waals surface area contributed by atoms with Gasteiger partial charge in [-0.25, -0.2) is 0 Å². The van der Waals surface area contributed by atoms with Gasteiger partial charge in [-0.3, -0.25) is 9.59 Å². The van der Waals surface area contributed by atoms with Gasteiger partial charge in [0, 0.05) is 18.3 Å². The highest BCUT2D eigenvalue weighted by Crippen LogP contribution is 2.23. The minimum Gasteiger partial charge on any atom is -0.466 e. The Morgan fingerprint density at radius 1 is 1.29 bits per heavy atom. The van der Waals surface area contributed by atoms with Gasteiger partial charge in [0.25, 0.3) is 0 Å². The average Bonchev–Trinajstić information content (AvgIpc) is 2.54. The molecule has 21 heavy (non-hydrogen) atoms. The fourth-order valence-electron chi connectivity index (χ4n) is 2.90. The lowest BCUT2D eigenvalue weighted by Gasteiger charge is -2.32. The maximum atomic E-state index is 12.3. The van der Waals surface area contributed by atoms with Crippen LogP contribution in [0.25, 0.3) is 0 Å². The van der Waals surface area contributed by atoms with Crippen LogP contribution < -0.4 is 5.32 Å². The van der Waals surface area contributed by atoms with E-state index >= 15 is 0 Å². The predicted molar refractivity (Wildman–Crippen MR) is 84.3 cm³/mol. The van der Waals surface area contributed by atoms with E-state index in [9.17, 15) is 9.59 Å². The lowest BCUT2D eigenvalue weighted by Crippen LogP contribution is -2.43. The van der Waals surface area contributed by atoms with Crippen molar-refractivity contribution in [3.63, 3.8) is 0 Å². The maximum Gasteiger partial charge on any atom is 0.310 e. The Labute approximate surface area is 131 Å². The van der Waals surface area contributed by atoms with Crippen LogP contribution in [-0.2, 0) is 14.3 Å². The second-order valence-electron chi connectivity index (χ2n) is 5.69. The number of hydrogen-bond donors (Lipinski definition) is 1. The van der Waals surface area contributed by atoms with Gasteiger partial charge in [0.1, 0.15) is 0 Å². The van der Waals surface area contributed by atoms with E-state index in [4.69, 9.17) is 4.74 Å². The summed E-state index contributed by atoms with van der Waals surface area (Å²) in [6.07, 6.45) is 4.02. The Kier molecular flexibility index (Phi) is 6.83. The molecular formula is C15H26N2O3S. The Hall–Kier alpha value is -0.750. The standard InChI is InChI=1S/C15H26N2O3S/c1-2-20-15(19)12-4-3-9-17(10-12)14(18)11-21-13-5-7-16-8-6-13/h12-13,16H,2-11H2,1H3. The number of piperidine rings is 2. The Bertz CT molecular complexity index is 359. The number of hydrogen-bond acceptors (Lipinski definition) is 5. The number of nitrogens with one attached hydrogen (secondary N) is 1. The van der Waals surface area contributed by atoms with E-state index in [2.05, 4.69) is 5.32 Å². The molecule has 2 aliphatic rings. The molecular weight excluding hydrogens is 288 g/mol. The zero-order valence-corrected chi connectivity index (χ0v) is 13.6. The molecule has 0 radical (unpaired) electrons. The van der Waals surface area contributed by atoms with Crippen LogP contribution in [0.5, 0.6) is 0 Å². The molecule has 0 spiro atoms. The van der Waals surface area contributed by atoms with Crippen LogP contribution in [0.1, 0.15) is 32.6 Å². The summed E-state index contributed by atoms with van der Waals surface area (Å²) in [6.45, 7) is 5.65. The van der Waals surface area contributed by atoms with Crippen molar-refractivity contribution in [3.05, 3.63) is 0 Å². The number of nitrogens with zero attached hydrogens (tertiary/aromatic N) is 1. The smallest absolute Gasteiger partial charge is 0.310 e. The molecule has 1 atom stereocenters. The van der Waals surface area contributed by atoms with Crippen molar-refractivity contribution in [2.24, 2.45) is 5.92 Å². The zero-order valence-electron chi connectivity index (χ0n) is 12.8. The molecule has 2 heterocycles. The van der Waals surface area contributed by atoms with E-state index in [1.54, 1.807) is 11.8 Å². The molecule has 1 N–H and O–H groups in total. The normalized spacial score (nSPS) is 23.9. The Balaban J connectivity index is 1.74. The van der Waals surface area contributed by atoms with Crippen molar-refractivity contribution >= 4 is 23.6 Å². The van der Waals surface area contributed by atoms with Crippen molar-refractivity contribution in [1.82, 2.24) is 10.2 Å². The van der Waals surface area contributed by atoms with Crippen LogP contribution in [0.15, 0.2) is 0 Å². The first-order chi connectivity index (χ1) is 10.2. The highest BCUT2D eigenvalue weighted by atomic mass is 32.2. The SMILES string of the molecule is CCOC(=O)C1CCCN(C(=O)CSC2CCNCC2)C1. The number of ether oxygens (including phenoxy) is 1.